The van der Waals surface area contributed by atoms with Gasteiger partial charge in [-0.05, 0) is 13.8 Å². The van der Waals surface area contributed by atoms with E-state index in [1.54, 1.807) is 0 Å². The Balaban J connectivity index is 2.88. The topological polar surface area (TPSA) is 18.1 Å². The number of aromatic nitrogens is 1. The minimum Gasteiger partial charge on any atom is -0.460 e. The Morgan fingerprint density at radius 1 is 1.27 bits per heavy atom. The molecular formula is C9H11NO. The number of hydrogen-bond donors (Lipinski definition) is 0. The lowest BCUT2D eigenvalue weighted by atomic mass is 10.4. The molecule has 0 unspecified atom stereocenters. The van der Waals surface area contributed by atoms with Crippen LogP contribution in [0.25, 0.3) is 11.1 Å². The molecule has 58 valence electrons. The molecule has 2 heterocycles. The maximum absolute atomic E-state index is 5.45. The second-order valence-corrected chi connectivity index (χ2v) is 2.95. The molecule has 0 saturated heterocycles. The Kier molecular flexibility index (Phi) is 1.13. The smallest absolute Gasteiger partial charge is 0.152 e. The van der Waals surface area contributed by atoms with Gasteiger partial charge in [0.15, 0.2) is 5.58 Å². The van der Waals surface area contributed by atoms with Crippen molar-refractivity contribution in [1.29, 1.82) is 0 Å². The first kappa shape index (κ1) is 6.53. The monoisotopic (exact) mass is 149 g/mol. The van der Waals surface area contributed by atoms with E-state index in [4.69, 9.17) is 4.42 Å². The highest BCUT2D eigenvalue weighted by atomic mass is 16.3. The molecule has 2 heteroatoms. The average Bonchev–Trinajstić information content (AvgIpc) is 2.37. The quantitative estimate of drug-likeness (QED) is 0.562. The van der Waals surface area contributed by atoms with Crippen LogP contribution in [-0.2, 0) is 7.05 Å². The zero-order chi connectivity index (χ0) is 8.01. The molecule has 2 nitrogen and oxygen atoms in total. The normalized spacial score (nSPS) is 11.2. The van der Waals surface area contributed by atoms with Crippen molar-refractivity contribution in [2.45, 2.75) is 13.8 Å². The Morgan fingerprint density at radius 3 is 2.64 bits per heavy atom. The van der Waals surface area contributed by atoms with E-state index in [2.05, 4.69) is 23.6 Å². The van der Waals surface area contributed by atoms with Crippen molar-refractivity contribution in [2.75, 3.05) is 0 Å². The van der Waals surface area contributed by atoms with Crippen LogP contribution in [0.3, 0.4) is 0 Å². The van der Waals surface area contributed by atoms with Crippen LogP contribution in [0.4, 0.5) is 0 Å². The second-order valence-electron chi connectivity index (χ2n) is 2.95. The number of hydrogen-bond acceptors (Lipinski definition) is 1. The van der Waals surface area contributed by atoms with Gasteiger partial charge in [0.05, 0.1) is 5.52 Å². The third kappa shape index (κ3) is 0.788. The Morgan fingerprint density at radius 2 is 2.00 bits per heavy atom. The highest BCUT2D eigenvalue weighted by Gasteiger charge is 2.05. The molecule has 0 aliphatic heterocycles. The Hall–Kier alpha value is -1.18. The Labute approximate surface area is 65.4 Å². The van der Waals surface area contributed by atoms with Crippen molar-refractivity contribution < 1.29 is 4.42 Å². The molecular weight excluding hydrogens is 138 g/mol. The van der Waals surface area contributed by atoms with Crippen LogP contribution in [0.2, 0.25) is 0 Å². The number of nitrogens with zero attached hydrogens (tertiary/aromatic N) is 1. The van der Waals surface area contributed by atoms with Gasteiger partial charge in [0.2, 0.25) is 0 Å². The summed E-state index contributed by atoms with van der Waals surface area (Å²) >= 11 is 0. The summed E-state index contributed by atoms with van der Waals surface area (Å²) in [6.07, 6.45) is 0. The first-order valence-corrected chi connectivity index (χ1v) is 3.71. The predicted octanol–water partition coefficient (Wildman–Crippen LogP) is 2.39. The first-order valence-electron chi connectivity index (χ1n) is 3.71. The number of fused-ring (bicyclic) bond motifs is 1. The largest absolute Gasteiger partial charge is 0.460 e. The van der Waals surface area contributed by atoms with Crippen molar-refractivity contribution in [3.8, 4) is 0 Å². The SMILES string of the molecule is Cc1cc2c(cc(C)n2C)o1. The van der Waals surface area contributed by atoms with E-state index < -0.39 is 0 Å². The molecule has 0 bridgehead atoms. The second kappa shape index (κ2) is 1.91. The van der Waals surface area contributed by atoms with Crippen LogP contribution < -0.4 is 0 Å². The van der Waals surface area contributed by atoms with Gasteiger partial charge in [-0.1, -0.05) is 0 Å². The van der Waals surface area contributed by atoms with E-state index in [-0.39, 0.29) is 0 Å². The van der Waals surface area contributed by atoms with Gasteiger partial charge < -0.3 is 8.98 Å². The predicted molar refractivity (Wildman–Crippen MR) is 44.7 cm³/mol. The van der Waals surface area contributed by atoms with Crippen LogP contribution >= 0.6 is 0 Å². The molecule has 0 aliphatic rings. The van der Waals surface area contributed by atoms with E-state index in [0.29, 0.717) is 0 Å². The van der Waals surface area contributed by atoms with Crippen LogP contribution in [0, 0.1) is 13.8 Å². The van der Waals surface area contributed by atoms with Crippen LogP contribution in [0.15, 0.2) is 16.5 Å². The van der Waals surface area contributed by atoms with E-state index in [9.17, 15) is 0 Å². The molecule has 2 aromatic rings. The molecule has 0 aromatic carbocycles. The van der Waals surface area contributed by atoms with Gasteiger partial charge in [-0.15, -0.1) is 0 Å². The number of furan rings is 1. The highest BCUT2D eigenvalue weighted by molar-refractivity contribution is 5.76. The van der Waals surface area contributed by atoms with Gasteiger partial charge in [0.25, 0.3) is 0 Å². The van der Waals surface area contributed by atoms with Crippen LogP contribution in [-0.4, -0.2) is 4.57 Å². The van der Waals surface area contributed by atoms with Gasteiger partial charge in [0.1, 0.15) is 5.76 Å². The molecule has 0 radical (unpaired) electrons. The van der Waals surface area contributed by atoms with Gasteiger partial charge in [0, 0.05) is 24.9 Å². The molecule has 11 heavy (non-hydrogen) atoms. The van der Waals surface area contributed by atoms with Crippen molar-refractivity contribution in [1.82, 2.24) is 4.57 Å². The van der Waals surface area contributed by atoms with E-state index in [1.165, 1.54) is 11.2 Å². The molecule has 0 fully saturated rings. The van der Waals surface area contributed by atoms with Crippen LogP contribution in [0.1, 0.15) is 11.5 Å². The molecule has 0 spiro atoms. The summed E-state index contributed by atoms with van der Waals surface area (Å²) in [4.78, 5) is 0. The number of aryl methyl sites for hydroxylation is 3. The fourth-order valence-electron chi connectivity index (χ4n) is 1.36. The van der Waals surface area contributed by atoms with E-state index in [0.717, 1.165) is 11.3 Å². The summed E-state index contributed by atoms with van der Waals surface area (Å²) in [7, 11) is 2.05. The summed E-state index contributed by atoms with van der Waals surface area (Å²) < 4.78 is 7.58. The summed E-state index contributed by atoms with van der Waals surface area (Å²) in [6.45, 7) is 4.04. The molecule has 0 aliphatic carbocycles. The maximum Gasteiger partial charge on any atom is 0.152 e. The lowest BCUT2D eigenvalue weighted by Crippen LogP contribution is -1.87. The average molecular weight is 149 g/mol. The summed E-state index contributed by atoms with van der Waals surface area (Å²) in [5, 5.41) is 0. The molecule has 2 aromatic heterocycles. The molecule has 2 rings (SSSR count). The van der Waals surface area contributed by atoms with E-state index in [1.807, 2.05) is 14.0 Å². The zero-order valence-electron chi connectivity index (χ0n) is 7.01. The summed E-state index contributed by atoms with van der Waals surface area (Å²) in [5.74, 6) is 0.977. The van der Waals surface area contributed by atoms with Crippen molar-refractivity contribution in [2.24, 2.45) is 7.05 Å². The third-order valence-corrected chi connectivity index (χ3v) is 2.09. The Bertz CT molecular complexity index is 395. The van der Waals surface area contributed by atoms with Crippen molar-refractivity contribution in [3.63, 3.8) is 0 Å². The fourth-order valence-corrected chi connectivity index (χ4v) is 1.36. The third-order valence-electron chi connectivity index (χ3n) is 2.09. The summed E-state index contributed by atoms with van der Waals surface area (Å²) in [5.41, 5.74) is 3.40. The van der Waals surface area contributed by atoms with E-state index >= 15 is 0 Å². The molecule has 0 saturated carbocycles. The first-order chi connectivity index (χ1) is 5.18. The van der Waals surface area contributed by atoms with Gasteiger partial charge in [-0.25, -0.2) is 0 Å². The van der Waals surface area contributed by atoms with Gasteiger partial charge >= 0.3 is 0 Å². The zero-order valence-corrected chi connectivity index (χ0v) is 7.01. The summed E-state index contributed by atoms with van der Waals surface area (Å²) in [6, 6.07) is 4.12. The highest BCUT2D eigenvalue weighted by Crippen LogP contribution is 2.21. The molecule has 0 amide bonds. The minimum atomic E-state index is 0.977. The van der Waals surface area contributed by atoms with Crippen molar-refractivity contribution in [3.05, 3.63) is 23.6 Å². The lowest BCUT2D eigenvalue weighted by Gasteiger charge is -1.93. The maximum atomic E-state index is 5.45. The standard InChI is InChI=1S/C9H11NO/c1-6-4-9-8(10(6)3)5-7(2)11-9/h4-5H,1-3H3. The minimum absolute atomic E-state index is 0.977. The van der Waals surface area contributed by atoms with Gasteiger partial charge in [-0.2, -0.15) is 0 Å². The fraction of sp³-hybridized carbons (Fsp3) is 0.333. The molecule has 0 atom stereocenters. The van der Waals surface area contributed by atoms with Crippen molar-refractivity contribution >= 4 is 11.1 Å². The lowest BCUT2D eigenvalue weighted by molar-refractivity contribution is 0.579. The molecule has 0 N–H and O–H groups in total. The number of rotatable bonds is 0. The van der Waals surface area contributed by atoms with Gasteiger partial charge in [-0.3, -0.25) is 0 Å². The van der Waals surface area contributed by atoms with Crippen LogP contribution in [0.5, 0.6) is 0 Å².